The van der Waals surface area contributed by atoms with Crippen LogP contribution >= 0.6 is 0 Å². The van der Waals surface area contributed by atoms with E-state index >= 15 is 0 Å². The summed E-state index contributed by atoms with van der Waals surface area (Å²) >= 11 is 0. The Hall–Kier alpha value is -1.49. The fourth-order valence-electron chi connectivity index (χ4n) is 0.541. The summed E-state index contributed by atoms with van der Waals surface area (Å²) in [5.74, 6) is 0.583. The topological polar surface area (TPSA) is 33.0 Å². The van der Waals surface area contributed by atoms with Gasteiger partial charge in [0.05, 0.1) is 0 Å². The van der Waals surface area contributed by atoms with Gasteiger partial charge in [0.15, 0.2) is 0 Å². The van der Waals surface area contributed by atoms with Gasteiger partial charge in [-0.25, -0.2) is 0 Å². The third kappa shape index (κ3) is 3.99. The molecule has 0 fully saturated rings. The van der Waals surface area contributed by atoms with Crippen molar-refractivity contribution in [2.75, 3.05) is 0 Å². The summed E-state index contributed by atoms with van der Waals surface area (Å²) in [7, 11) is 0. The molecule has 2 heteroatoms. The highest BCUT2D eigenvalue weighted by molar-refractivity contribution is 5.21. The predicted octanol–water partition coefficient (Wildman–Crippen LogP) is 2.57. The minimum Gasteiger partial charge on any atom is -0.388 e. The lowest BCUT2D eigenvalue weighted by Crippen LogP contribution is -1.78. The molecule has 0 unspecified atom stereocenters. The van der Waals surface area contributed by atoms with Crippen LogP contribution in [0.25, 0.3) is 0 Å². The molecule has 1 rings (SSSR count). The molecule has 0 bridgehead atoms. The molecule has 0 atom stereocenters. The van der Waals surface area contributed by atoms with Gasteiger partial charge in [-0.05, 0) is 12.1 Å². The maximum absolute atomic E-state index is 8.05. The van der Waals surface area contributed by atoms with E-state index in [1.807, 2.05) is 32.0 Å². The van der Waals surface area contributed by atoms with E-state index in [0.717, 1.165) is 0 Å². The molecule has 1 aromatic rings. The lowest BCUT2D eigenvalue weighted by molar-refractivity contribution is 0.507. The van der Waals surface area contributed by atoms with Gasteiger partial charge < -0.3 is 4.74 Å². The standard InChI is InChI=1S/C7H5NO.C2H6/c8-6-9-7-4-2-1-3-5-7;1-2/h1-5H;1-2H3. The summed E-state index contributed by atoms with van der Waals surface area (Å²) in [5.41, 5.74) is 0. The van der Waals surface area contributed by atoms with Gasteiger partial charge in [-0.2, -0.15) is 0 Å². The maximum atomic E-state index is 8.05. The van der Waals surface area contributed by atoms with Crippen LogP contribution < -0.4 is 4.74 Å². The van der Waals surface area contributed by atoms with E-state index in [2.05, 4.69) is 4.74 Å². The molecule has 0 aliphatic heterocycles. The molecular formula is C9H11NO. The number of benzene rings is 1. The summed E-state index contributed by atoms with van der Waals surface area (Å²) in [6, 6.07) is 8.94. The van der Waals surface area contributed by atoms with Crippen molar-refractivity contribution in [3.8, 4) is 12.0 Å². The second kappa shape index (κ2) is 6.63. The number of nitrogens with zero attached hydrogens (tertiary/aromatic N) is 1. The van der Waals surface area contributed by atoms with Crippen molar-refractivity contribution in [2.45, 2.75) is 13.8 Å². The Morgan fingerprint density at radius 2 is 1.73 bits per heavy atom. The van der Waals surface area contributed by atoms with Crippen molar-refractivity contribution in [3.05, 3.63) is 30.3 Å². The normalized spacial score (nSPS) is 7.00. The van der Waals surface area contributed by atoms with Crippen molar-refractivity contribution >= 4 is 0 Å². The van der Waals surface area contributed by atoms with Gasteiger partial charge in [0.2, 0.25) is 0 Å². The minimum atomic E-state index is 0.583. The summed E-state index contributed by atoms with van der Waals surface area (Å²) < 4.78 is 4.51. The molecular weight excluding hydrogens is 138 g/mol. The molecule has 0 heterocycles. The first kappa shape index (κ1) is 9.51. The smallest absolute Gasteiger partial charge is 0.292 e. The lowest BCUT2D eigenvalue weighted by atomic mass is 10.3. The van der Waals surface area contributed by atoms with Gasteiger partial charge in [-0.3, -0.25) is 0 Å². The zero-order valence-electron chi connectivity index (χ0n) is 6.74. The first-order valence-corrected chi connectivity index (χ1v) is 3.54. The summed E-state index contributed by atoms with van der Waals surface area (Å²) in [6.07, 6.45) is 1.58. The zero-order chi connectivity index (χ0) is 8.53. The Kier molecular flexibility index (Phi) is 5.73. The largest absolute Gasteiger partial charge is 0.388 e. The van der Waals surface area contributed by atoms with Crippen LogP contribution in [0.3, 0.4) is 0 Å². The van der Waals surface area contributed by atoms with Crippen LogP contribution in [0.5, 0.6) is 5.75 Å². The number of ether oxygens (including phenoxy) is 1. The molecule has 0 amide bonds. The highest BCUT2D eigenvalue weighted by atomic mass is 16.5. The molecule has 0 radical (unpaired) electrons. The van der Waals surface area contributed by atoms with Crippen molar-refractivity contribution in [2.24, 2.45) is 0 Å². The van der Waals surface area contributed by atoms with E-state index < -0.39 is 0 Å². The van der Waals surface area contributed by atoms with Crippen LogP contribution in [-0.2, 0) is 0 Å². The van der Waals surface area contributed by atoms with E-state index in [1.165, 1.54) is 0 Å². The Balaban J connectivity index is 0.000000461. The van der Waals surface area contributed by atoms with E-state index in [0.29, 0.717) is 5.75 Å². The number of rotatable bonds is 1. The Morgan fingerprint density at radius 3 is 2.18 bits per heavy atom. The first-order chi connectivity index (χ1) is 5.43. The second-order valence-corrected chi connectivity index (χ2v) is 1.51. The van der Waals surface area contributed by atoms with Gasteiger partial charge in [0, 0.05) is 0 Å². The first-order valence-electron chi connectivity index (χ1n) is 3.54. The molecule has 0 spiro atoms. The fourth-order valence-corrected chi connectivity index (χ4v) is 0.541. The molecule has 0 aliphatic carbocycles. The third-order valence-corrected chi connectivity index (χ3v) is 0.907. The molecule has 0 aromatic heterocycles. The molecule has 11 heavy (non-hydrogen) atoms. The van der Waals surface area contributed by atoms with Crippen LogP contribution in [0, 0.1) is 11.5 Å². The Bertz CT molecular complexity index is 213. The van der Waals surface area contributed by atoms with Crippen LogP contribution in [0.2, 0.25) is 0 Å². The number of hydrogen-bond donors (Lipinski definition) is 0. The molecule has 58 valence electrons. The average molecular weight is 149 g/mol. The number of nitriles is 1. The van der Waals surface area contributed by atoms with E-state index in [-0.39, 0.29) is 0 Å². The quantitative estimate of drug-likeness (QED) is 0.575. The zero-order valence-corrected chi connectivity index (χ0v) is 6.74. The average Bonchev–Trinajstić information content (AvgIpc) is 2.11. The summed E-state index contributed by atoms with van der Waals surface area (Å²) in [5, 5.41) is 8.05. The summed E-state index contributed by atoms with van der Waals surface area (Å²) in [4.78, 5) is 0. The molecule has 1 aromatic carbocycles. The van der Waals surface area contributed by atoms with Crippen molar-refractivity contribution in [3.63, 3.8) is 0 Å². The van der Waals surface area contributed by atoms with Crippen molar-refractivity contribution in [1.82, 2.24) is 0 Å². The van der Waals surface area contributed by atoms with Crippen molar-refractivity contribution in [1.29, 1.82) is 5.26 Å². The van der Waals surface area contributed by atoms with Crippen LogP contribution in [0.15, 0.2) is 30.3 Å². The monoisotopic (exact) mass is 149 g/mol. The number of hydrogen-bond acceptors (Lipinski definition) is 2. The van der Waals surface area contributed by atoms with Gasteiger partial charge in [-0.1, -0.05) is 32.0 Å². The van der Waals surface area contributed by atoms with Gasteiger partial charge >= 0.3 is 0 Å². The predicted molar refractivity (Wildman–Crippen MR) is 44.0 cm³/mol. The fraction of sp³-hybridized carbons (Fsp3) is 0.222. The van der Waals surface area contributed by atoms with E-state index in [1.54, 1.807) is 18.4 Å². The Morgan fingerprint density at radius 1 is 1.18 bits per heavy atom. The van der Waals surface area contributed by atoms with Crippen LogP contribution in [-0.4, -0.2) is 0 Å². The second-order valence-electron chi connectivity index (χ2n) is 1.51. The van der Waals surface area contributed by atoms with Crippen LogP contribution in [0.1, 0.15) is 13.8 Å². The van der Waals surface area contributed by atoms with Crippen molar-refractivity contribution < 1.29 is 4.74 Å². The molecule has 0 saturated carbocycles. The number of para-hydroxylation sites is 1. The molecule has 2 nitrogen and oxygen atoms in total. The van der Waals surface area contributed by atoms with E-state index in [4.69, 9.17) is 5.26 Å². The van der Waals surface area contributed by atoms with Gasteiger partial charge in [-0.15, -0.1) is 5.26 Å². The highest BCUT2D eigenvalue weighted by Gasteiger charge is 1.84. The third-order valence-electron chi connectivity index (χ3n) is 0.907. The molecule has 0 aliphatic rings. The highest BCUT2D eigenvalue weighted by Crippen LogP contribution is 2.06. The SMILES string of the molecule is CC.N#COc1ccccc1. The minimum absolute atomic E-state index is 0.583. The van der Waals surface area contributed by atoms with E-state index in [9.17, 15) is 0 Å². The van der Waals surface area contributed by atoms with Crippen LogP contribution in [0.4, 0.5) is 0 Å². The summed E-state index contributed by atoms with van der Waals surface area (Å²) in [6.45, 7) is 4.00. The van der Waals surface area contributed by atoms with Gasteiger partial charge in [0.1, 0.15) is 5.75 Å². The molecule has 0 N–H and O–H groups in total. The lowest BCUT2D eigenvalue weighted by Gasteiger charge is -1.89. The Labute approximate surface area is 67.0 Å². The molecule has 0 saturated heterocycles. The maximum Gasteiger partial charge on any atom is 0.292 e. The van der Waals surface area contributed by atoms with Gasteiger partial charge in [0.25, 0.3) is 6.26 Å².